The molecule has 8 nitrogen and oxygen atoms in total. The van der Waals surface area contributed by atoms with E-state index in [0.717, 1.165) is 11.1 Å². The number of primary sulfonamides is 1. The van der Waals surface area contributed by atoms with Crippen LogP contribution < -0.4 is 10.0 Å². The standard InChI is InChI=1S/C25H31N3O5S/c1-4-5-23(29)27(15-14-18-6-12-21(13-7-18)34(26,32)33)22-16-24(30)28(25(22)31)20-10-8-19(9-11-20)17(2)3/h6-13,17,22H,4-5,14-16H2,1-3H3,(H2,26,32,33). The second kappa shape index (κ2) is 10.5. The van der Waals surface area contributed by atoms with Crippen LogP contribution in [0.3, 0.4) is 0 Å². The van der Waals surface area contributed by atoms with Gasteiger partial charge in [-0.25, -0.2) is 18.5 Å². The number of nitrogens with two attached hydrogens (primary N) is 1. The monoisotopic (exact) mass is 485 g/mol. The first-order valence-electron chi connectivity index (χ1n) is 11.4. The van der Waals surface area contributed by atoms with E-state index in [2.05, 4.69) is 13.8 Å². The highest BCUT2D eigenvalue weighted by molar-refractivity contribution is 7.89. The van der Waals surface area contributed by atoms with Crippen molar-refractivity contribution in [2.75, 3.05) is 11.4 Å². The van der Waals surface area contributed by atoms with Gasteiger partial charge in [0.15, 0.2) is 0 Å². The number of nitrogens with zero attached hydrogens (tertiary/aromatic N) is 2. The molecule has 1 aliphatic rings. The minimum absolute atomic E-state index is 0.00543. The van der Waals surface area contributed by atoms with Crippen molar-refractivity contribution >= 4 is 33.4 Å². The molecule has 9 heteroatoms. The largest absolute Gasteiger partial charge is 0.330 e. The molecule has 0 aromatic heterocycles. The van der Waals surface area contributed by atoms with Gasteiger partial charge in [-0.05, 0) is 54.2 Å². The van der Waals surface area contributed by atoms with Gasteiger partial charge >= 0.3 is 0 Å². The molecule has 0 bridgehead atoms. The van der Waals surface area contributed by atoms with Crippen molar-refractivity contribution in [3.63, 3.8) is 0 Å². The zero-order valence-electron chi connectivity index (χ0n) is 19.7. The minimum atomic E-state index is -3.79. The molecule has 1 unspecified atom stereocenters. The third-order valence-corrected chi connectivity index (χ3v) is 6.92. The van der Waals surface area contributed by atoms with E-state index in [0.29, 0.717) is 24.4 Å². The summed E-state index contributed by atoms with van der Waals surface area (Å²) in [5.74, 6) is -0.602. The number of carbonyl (C=O) groups excluding carboxylic acids is 3. The summed E-state index contributed by atoms with van der Waals surface area (Å²) in [4.78, 5) is 41.6. The number of carbonyl (C=O) groups is 3. The number of rotatable bonds is 9. The van der Waals surface area contributed by atoms with Crippen molar-refractivity contribution in [1.29, 1.82) is 0 Å². The smallest absolute Gasteiger partial charge is 0.257 e. The van der Waals surface area contributed by atoms with Gasteiger partial charge in [-0.2, -0.15) is 0 Å². The lowest BCUT2D eigenvalue weighted by molar-refractivity contribution is -0.138. The summed E-state index contributed by atoms with van der Waals surface area (Å²) >= 11 is 0. The number of hydrogen-bond donors (Lipinski definition) is 1. The molecule has 2 aromatic rings. The van der Waals surface area contributed by atoms with E-state index in [4.69, 9.17) is 5.14 Å². The maximum absolute atomic E-state index is 13.3. The second-order valence-electron chi connectivity index (χ2n) is 8.81. The topological polar surface area (TPSA) is 118 Å². The minimum Gasteiger partial charge on any atom is -0.330 e. The molecule has 1 saturated heterocycles. The Morgan fingerprint density at radius 2 is 1.71 bits per heavy atom. The van der Waals surface area contributed by atoms with Gasteiger partial charge < -0.3 is 4.90 Å². The van der Waals surface area contributed by atoms with E-state index in [1.807, 2.05) is 19.1 Å². The van der Waals surface area contributed by atoms with Gasteiger partial charge in [-0.1, -0.05) is 45.0 Å². The van der Waals surface area contributed by atoms with Crippen LogP contribution in [-0.2, 0) is 30.8 Å². The Balaban J connectivity index is 1.79. The van der Waals surface area contributed by atoms with E-state index in [1.165, 1.54) is 21.9 Å². The summed E-state index contributed by atoms with van der Waals surface area (Å²) in [6.07, 6.45) is 1.23. The molecule has 1 atom stereocenters. The van der Waals surface area contributed by atoms with Gasteiger partial charge in [0.05, 0.1) is 17.0 Å². The molecule has 3 rings (SSSR count). The number of anilines is 1. The van der Waals surface area contributed by atoms with Gasteiger partial charge in [0.25, 0.3) is 5.91 Å². The lowest BCUT2D eigenvalue weighted by Gasteiger charge is -2.28. The third-order valence-electron chi connectivity index (χ3n) is 5.99. The summed E-state index contributed by atoms with van der Waals surface area (Å²) in [7, 11) is -3.79. The van der Waals surface area contributed by atoms with E-state index < -0.39 is 22.0 Å². The van der Waals surface area contributed by atoms with Crippen molar-refractivity contribution in [2.45, 2.75) is 63.3 Å². The highest BCUT2D eigenvalue weighted by Crippen LogP contribution is 2.28. The summed E-state index contributed by atoms with van der Waals surface area (Å²) in [5.41, 5.74) is 2.40. The quantitative estimate of drug-likeness (QED) is 0.548. The van der Waals surface area contributed by atoms with Crippen LogP contribution in [0.4, 0.5) is 5.69 Å². The number of imide groups is 1. The third kappa shape index (κ3) is 5.71. The number of benzene rings is 2. The normalized spacial score (nSPS) is 16.4. The molecule has 0 saturated carbocycles. The lowest BCUT2D eigenvalue weighted by Crippen LogP contribution is -2.46. The highest BCUT2D eigenvalue weighted by atomic mass is 32.2. The SMILES string of the molecule is CCCC(=O)N(CCc1ccc(S(N)(=O)=O)cc1)C1CC(=O)N(c2ccc(C(C)C)cc2)C1=O. The van der Waals surface area contributed by atoms with Crippen LogP contribution in [-0.4, -0.2) is 43.6 Å². The van der Waals surface area contributed by atoms with Crippen LogP contribution in [0.15, 0.2) is 53.4 Å². The van der Waals surface area contributed by atoms with E-state index in [9.17, 15) is 22.8 Å². The Hall–Kier alpha value is -3.04. The van der Waals surface area contributed by atoms with Gasteiger partial charge in [0, 0.05) is 13.0 Å². The Morgan fingerprint density at radius 1 is 1.09 bits per heavy atom. The summed E-state index contributed by atoms with van der Waals surface area (Å²) in [6, 6.07) is 12.6. The Bertz CT molecular complexity index is 1160. The van der Waals surface area contributed by atoms with Crippen LogP contribution >= 0.6 is 0 Å². The Kier molecular flexibility index (Phi) is 7.89. The van der Waals surface area contributed by atoms with E-state index in [-0.39, 0.29) is 36.1 Å². The number of amides is 3. The van der Waals surface area contributed by atoms with Crippen LogP contribution in [0.1, 0.15) is 57.1 Å². The zero-order chi connectivity index (χ0) is 25.0. The van der Waals surface area contributed by atoms with Crippen molar-refractivity contribution < 1.29 is 22.8 Å². The van der Waals surface area contributed by atoms with Crippen molar-refractivity contribution in [3.8, 4) is 0 Å². The van der Waals surface area contributed by atoms with Crippen LogP contribution in [0.5, 0.6) is 0 Å². The molecule has 2 N–H and O–H groups in total. The molecule has 1 fully saturated rings. The van der Waals surface area contributed by atoms with Crippen LogP contribution in [0.25, 0.3) is 0 Å². The summed E-state index contributed by atoms with van der Waals surface area (Å²) in [5, 5.41) is 5.14. The lowest BCUT2D eigenvalue weighted by atomic mass is 10.0. The fourth-order valence-electron chi connectivity index (χ4n) is 4.05. The van der Waals surface area contributed by atoms with E-state index in [1.54, 1.807) is 24.3 Å². The number of sulfonamides is 1. The van der Waals surface area contributed by atoms with Gasteiger partial charge in [-0.3, -0.25) is 14.4 Å². The molecule has 0 spiro atoms. The van der Waals surface area contributed by atoms with E-state index >= 15 is 0 Å². The number of hydrogen-bond acceptors (Lipinski definition) is 5. The fourth-order valence-corrected chi connectivity index (χ4v) is 4.56. The zero-order valence-corrected chi connectivity index (χ0v) is 20.5. The van der Waals surface area contributed by atoms with Gasteiger partial charge in [-0.15, -0.1) is 0 Å². The molecular weight excluding hydrogens is 454 g/mol. The molecule has 182 valence electrons. The van der Waals surface area contributed by atoms with Gasteiger partial charge in [0.1, 0.15) is 6.04 Å². The molecule has 1 aliphatic heterocycles. The summed E-state index contributed by atoms with van der Waals surface area (Å²) in [6.45, 7) is 6.25. The predicted molar refractivity (Wildman–Crippen MR) is 130 cm³/mol. The first kappa shape index (κ1) is 25.6. The molecule has 1 heterocycles. The maximum atomic E-state index is 13.3. The van der Waals surface area contributed by atoms with Crippen molar-refractivity contribution in [2.24, 2.45) is 5.14 Å². The molecular formula is C25H31N3O5S. The average molecular weight is 486 g/mol. The molecule has 3 amide bonds. The molecule has 0 aliphatic carbocycles. The van der Waals surface area contributed by atoms with Crippen molar-refractivity contribution in [3.05, 3.63) is 59.7 Å². The van der Waals surface area contributed by atoms with Crippen LogP contribution in [0.2, 0.25) is 0 Å². The first-order chi connectivity index (χ1) is 16.0. The summed E-state index contributed by atoms with van der Waals surface area (Å²) < 4.78 is 22.9. The molecule has 34 heavy (non-hydrogen) atoms. The second-order valence-corrected chi connectivity index (χ2v) is 10.4. The van der Waals surface area contributed by atoms with Gasteiger partial charge in [0.2, 0.25) is 21.8 Å². The Labute approximate surface area is 200 Å². The average Bonchev–Trinajstić information content (AvgIpc) is 3.07. The maximum Gasteiger partial charge on any atom is 0.257 e. The first-order valence-corrected chi connectivity index (χ1v) is 13.0. The van der Waals surface area contributed by atoms with Crippen LogP contribution in [0, 0.1) is 0 Å². The highest BCUT2D eigenvalue weighted by Gasteiger charge is 2.44. The Morgan fingerprint density at radius 3 is 2.24 bits per heavy atom. The molecule has 0 radical (unpaired) electrons. The fraction of sp³-hybridized carbons (Fsp3) is 0.400. The van der Waals surface area contributed by atoms with Crippen molar-refractivity contribution in [1.82, 2.24) is 4.90 Å². The molecule has 2 aromatic carbocycles. The predicted octanol–water partition coefficient (Wildman–Crippen LogP) is 2.96.